The zero-order chi connectivity index (χ0) is 23.5. The molecule has 0 saturated carbocycles. The lowest BCUT2D eigenvalue weighted by molar-refractivity contribution is 0.280. The zero-order valence-electron chi connectivity index (χ0n) is 18.5. The molecule has 8 nitrogen and oxygen atoms in total. The summed E-state index contributed by atoms with van der Waals surface area (Å²) < 4.78 is 27.0. The van der Waals surface area contributed by atoms with Crippen LogP contribution in [-0.2, 0) is 6.54 Å². The van der Waals surface area contributed by atoms with Crippen molar-refractivity contribution in [3.63, 3.8) is 0 Å². The maximum absolute atomic E-state index is 13.6. The molecule has 1 N–H and O–H groups in total. The van der Waals surface area contributed by atoms with Gasteiger partial charge in [0.15, 0.2) is 5.69 Å². The van der Waals surface area contributed by atoms with Crippen molar-refractivity contribution in [3.8, 4) is 17.5 Å². The van der Waals surface area contributed by atoms with Gasteiger partial charge in [-0.2, -0.15) is 5.26 Å². The summed E-state index contributed by atoms with van der Waals surface area (Å²) in [7, 11) is 0. The predicted molar refractivity (Wildman–Crippen MR) is 124 cm³/mol. The average Bonchev–Trinajstić information content (AvgIpc) is 3.47. The van der Waals surface area contributed by atoms with Gasteiger partial charge in [-0.05, 0) is 43.2 Å². The van der Waals surface area contributed by atoms with E-state index in [1.807, 2.05) is 17.0 Å². The van der Waals surface area contributed by atoms with E-state index in [0.717, 1.165) is 17.9 Å². The summed E-state index contributed by atoms with van der Waals surface area (Å²) in [5, 5.41) is 12.7. The number of rotatable bonds is 6. The molecule has 5 heterocycles. The van der Waals surface area contributed by atoms with Crippen molar-refractivity contribution in [1.29, 1.82) is 5.26 Å². The van der Waals surface area contributed by atoms with Crippen LogP contribution in [0.5, 0.6) is 0 Å². The smallest absolute Gasteiger partial charge is 0.227 e. The highest BCUT2D eigenvalue weighted by Crippen LogP contribution is 2.27. The number of aromatic nitrogens is 4. The van der Waals surface area contributed by atoms with Crippen molar-refractivity contribution in [1.82, 2.24) is 24.8 Å². The summed E-state index contributed by atoms with van der Waals surface area (Å²) in [6.45, 7) is 2.68. The number of hydrogen-bond donors (Lipinski definition) is 1. The van der Waals surface area contributed by atoms with Crippen molar-refractivity contribution >= 4 is 17.3 Å². The maximum Gasteiger partial charge on any atom is 0.227 e. The molecule has 0 spiro atoms. The Balaban J connectivity index is 1.29. The first-order chi connectivity index (χ1) is 16.6. The van der Waals surface area contributed by atoms with Gasteiger partial charge in [0.05, 0.1) is 34.7 Å². The number of hydrogen-bond acceptors (Lipinski definition) is 8. The van der Waals surface area contributed by atoms with Gasteiger partial charge in [0, 0.05) is 38.9 Å². The van der Waals surface area contributed by atoms with Gasteiger partial charge in [-0.3, -0.25) is 9.88 Å². The number of anilines is 3. The van der Waals surface area contributed by atoms with E-state index >= 15 is 0 Å². The van der Waals surface area contributed by atoms with Crippen LogP contribution in [0.4, 0.5) is 26.1 Å². The first kappa shape index (κ1) is 22.1. The molecule has 2 saturated heterocycles. The van der Waals surface area contributed by atoms with E-state index in [9.17, 15) is 14.0 Å². The Kier molecular flexibility index (Phi) is 6.27. The molecule has 3 aromatic heterocycles. The van der Waals surface area contributed by atoms with Crippen LogP contribution < -0.4 is 10.2 Å². The first-order valence-electron chi connectivity index (χ1n) is 11.3. The number of nitrogens with one attached hydrogen (secondary N) is 1. The number of alkyl halides is 2. The van der Waals surface area contributed by atoms with Crippen LogP contribution in [0.2, 0.25) is 0 Å². The maximum atomic E-state index is 13.6. The first-order valence-corrected chi connectivity index (χ1v) is 11.3. The SMILES string of the molecule is N#Cc1nc(-c2ccnc(Nc3ccc(CN4CC[C@H](F)C4)nc3)n2)ccc1N1CC[C@H](F)C1. The van der Waals surface area contributed by atoms with Gasteiger partial charge in [0.2, 0.25) is 5.95 Å². The minimum absolute atomic E-state index is 0.247. The topological polar surface area (TPSA) is 93.9 Å². The highest BCUT2D eigenvalue weighted by atomic mass is 19.1. The minimum atomic E-state index is -0.881. The number of nitrogens with zero attached hydrogens (tertiary/aromatic N) is 7. The third-order valence-electron chi connectivity index (χ3n) is 6.05. The Hall–Kier alpha value is -3.71. The number of halogens is 2. The van der Waals surface area contributed by atoms with Gasteiger partial charge in [-0.1, -0.05) is 0 Å². The van der Waals surface area contributed by atoms with E-state index in [0.29, 0.717) is 55.5 Å². The molecule has 2 atom stereocenters. The zero-order valence-corrected chi connectivity index (χ0v) is 18.5. The molecule has 0 aromatic carbocycles. The second kappa shape index (κ2) is 9.65. The Labute approximate surface area is 196 Å². The lowest BCUT2D eigenvalue weighted by Crippen LogP contribution is -2.21. The van der Waals surface area contributed by atoms with Gasteiger partial charge in [0.25, 0.3) is 0 Å². The van der Waals surface area contributed by atoms with Crippen LogP contribution >= 0.6 is 0 Å². The van der Waals surface area contributed by atoms with E-state index in [-0.39, 0.29) is 12.2 Å². The number of nitriles is 1. The van der Waals surface area contributed by atoms with Gasteiger partial charge in [-0.15, -0.1) is 0 Å². The Morgan fingerprint density at radius 2 is 1.79 bits per heavy atom. The molecule has 0 bridgehead atoms. The van der Waals surface area contributed by atoms with Gasteiger partial charge < -0.3 is 10.2 Å². The summed E-state index contributed by atoms with van der Waals surface area (Å²) in [6.07, 6.45) is 2.72. The van der Waals surface area contributed by atoms with Crippen LogP contribution in [0.1, 0.15) is 24.2 Å². The Morgan fingerprint density at radius 3 is 2.50 bits per heavy atom. The van der Waals surface area contributed by atoms with Crippen molar-refractivity contribution in [2.24, 2.45) is 0 Å². The average molecular weight is 463 g/mol. The van der Waals surface area contributed by atoms with E-state index in [4.69, 9.17) is 0 Å². The van der Waals surface area contributed by atoms with Crippen molar-refractivity contribution in [2.45, 2.75) is 31.7 Å². The molecule has 2 aliphatic heterocycles. The lowest BCUT2D eigenvalue weighted by atomic mass is 10.2. The van der Waals surface area contributed by atoms with E-state index in [2.05, 4.69) is 36.2 Å². The summed E-state index contributed by atoms with van der Waals surface area (Å²) in [4.78, 5) is 21.6. The molecule has 0 aliphatic carbocycles. The third-order valence-corrected chi connectivity index (χ3v) is 6.05. The summed E-state index contributed by atoms with van der Waals surface area (Å²) in [5.74, 6) is 0.371. The predicted octanol–water partition coefficient (Wildman–Crippen LogP) is 3.64. The summed E-state index contributed by atoms with van der Waals surface area (Å²) in [5.41, 5.74) is 3.58. The second-order valence-electron chi connectivity index (χ2n) is 8.56. The summed E-state index contributed by atoms with van der Waals surface area (Å²) >= 11 is 0. The van der Waals surface area contributed by atoms with Gasteiger partial charge >= 0.3 is 0 Å². The molecule has 5 rings (SSSR count). The molecule has 10 heteroatoms. The molecule has 0 amide bonds. The normalized spacial score (nSPS) is 20.4. The molecule has 34 heavy (non-hydrogen) atoms. The quantitative estimate of drug-likeness (QED) is 0.594. The van der Waals surface area contributed by atoms with Crippen molar-refractivity contribution in [2.75, 3.05) is 36.4 Å². The fourth-order valence-electron chi connectivity index (χ4n) is 4.31. The molecule has 2 fully saturated rings. The van der Waals surface area contributed by atoms with E-state index < -0.39 is 12.3 Å². The molecule has 174 valence electrons. The van der Waals surface area contributed by atoms with Gasteiger partial charge in [-0.25, -0.2) is 23.7 Å². The fraction of sp³-hybridized carbons (Fsp3) is 0.375. The highest BCUT2D eigenvalue weighted by molar-refractivity contribution is 5.65. The van der Waals surface area contributed by atoms with E-state index in [1.54, 1.807) is 30.6 Å². The van der Waals surface area contributed by atoms with E-state index in [1.165, 1.54) is 0 Å². The molecular formula is C24H24F2N8. The number of pyridine rings is 2. The fourth-order valence-corrected chi connectivity index (χ4v) is 4.31. The highest BCUT2D eigenvalue weighted by Gasteiger charge is 2.25. The molecule has 0 unspecified atom stereocenters. The third kappa shape index (κ3) is 4.94. The van der Waals surface area contributed by atoms with Crippen LogP contribution in [0, 0.1) is 11.3 Å². The number of likely N-dealkylation sites (tertiary alicyclic amines) is 1. The van der Waals surface area contributed by atoms with Crippen LogP contribution in [-0.4, -0.2) is 63.4 Å². The largest absolute Gasteiger partial charge is 0.366 e. The van der Waals surface area contributed by atoms with Crippen LogP contribution in [0.15, 0.2) is 42.7 Å². The standard InChI is InChI=1S/C24H24F2N8/c25-16-6-9-33(13-16)15-19-2-1-18(12-29-19)30-24-28-8-5-21(32-24)20-3-4-23(22(11-27)31-20)34-10-7-17(26)14-34/h1-5,8,12,16-17H,6-7,9-10,13-15H2,(H,28,30,32)/t16-,17-/m0/s1. The molecule has 2 aliphatic rings. The van der Waals surface area contributed by atoms with Crippen LogP contribution in [0.3, 0.4) is 0 Å². The summed E-state index contributed by atoms with van der Waals surface area (Å²) in [6, 6.07) is 11.2. The van der Waals surface area contributed by atoms with Crippen molar-refractivity contribution < 1.29 is 8.78 Å². The van der Waals surface area contributed by atoms with Crippen LogP contribution in [0.25, 0.3) is 11.4 Å². The molecule has 3 aromatic rings. The Morgan fingerprint density at radius 1 is 0.971 bits per heavy atom. The molecule has 0 radical (unpaired) electrons. The van der Waals surface area contributed by atoms with Gasteiger partial charge in [0.1, 0.15) is 18.4 Å². The van der Waals surface area contributed by atoms with Crippen molar-refractivity contribution in [3.05, 3.63) is 54.1 Å². The second-order valence-corrected chi connectivity index (χ2v) is 8.56. The lowest BCUT2D eigenvalue weighted by Gasteiger charge is -2.18. The Bertz CT molecular complexity index is 1200. The minimum Gasteiger partial charge on any atom is -0.366 e. The molecular weight excluding hydrogens is 438 g/mol. The monoisotopic (exact) mass is 462 g/mol.